The maximum Gasteiger partial charge on any atom is 0.250 e. The molecule has 0 bridgehead atoms. The van der Waals surface area contributed by atoms with Crippen molar-refractivity contribution < 1.29 is 19.4 Å². The first kappa shape index (κ1) is 9.47. The van der Waals surface area contributed by atoms with Gasteiger partial charge in [0.25, 0.3) is 5.91 Å². The fraction of sp³-hybridized carbons (Fsp3) is 0.125. The summed E-state index contributed by atoms with van der Waals surface area (Å²) in [5.74, 6) is -2.10. The number of aliphatic hydroxyl groups excluding tert-OH is 1. The maximum atomic E-state index is 12.6. The largest absolute Gasteiger partial charge is 0.508 e. The molecule has 0 aliphatic heterocycles. The summed E-state index contributed by atoms with van der Waals surface area (Å²) < 4.78 is 12.6. The molecule has 1 unspecified atom stereocenters. The highest BCUT2D eigenvalue weighted by atomic mass is 19.1. The normalized spacial score (nSPS) is 12.5. The van der Waals surface area contributed by atoms with E-state index in [1.807, 2.05) is 0 Å². The molecule has 0 aromatic heterocycles. The number of halogens is 1. The van der Waals surface area contributed by atoms with Crippen molar-refractivity contribution in [3.63, 3.8) is 0 Å². The highest BCUT2D eigenvalue weighted by Crippen LogP contribution is 2.19. The fourth-order valence-corrected chi connectivity index (χ4v) is 0.918. The SMILES string of the molecule is NC(=O)C(O)c1cc(O)cc(F)c1. The van der Waals surface area contributed by atoms with E-state index in [4.69, 9.17) is 15.9 Å². The Kier molecular flexibility index (Phi) is 2.48. The molecule has 1 aromatic carbocycles. The van der Waals surface area contributed by atoms with E-state index in [0.29, 0.717) is 0 Å². The first-order valence-corrected chi connectivity index (χ1v) is 3.47. The summed E-state index contributed by atoms with van der Waals surface area (Å²) >= 11 is 0. The minimum absolute atomic E-state index is 0.0648. The predicted molar refractivity (Wildman–Crippen MR) is 42.2 cm³/mol. The molecule has 13 heavy (non-hydrogen) atoms. The molecule has 0 fully saturated rings. The number of benzene rings is 1. The number of aromatic hydroxyl groups is 1. The third-order valence-corrected chi connectivity index (χ3v) is 1.49. The molecule has 0 aliphatic rings. The number of hydrogen-bond donors (Lipinski definition) is 3. The zero-order chi connectivity index (χ0) is 10.0. The first-order chi connectivity index (χ1) is 6.00. The Hall–Kier alpha value is -1.62. The molecule has 1 amide bonds. The summed E-state index contributed by atoms with van der Waals surface area (Å²) in [5.41, 5.74) is 4.71. The topological polar surface area (TPSA) is 83.6 Å². The number of nitrogens with two attached hydrogens (primary N) is 1. The quantitative estimate of drug-likeness (QED) is 0.608. The van der Waals surface area contributed by atoms with Crippen LogP contribution in [0, 0.1) is 5.82 Å². The summed E-state index contributed by atoms with van der Waals surface area (Å²) in [6, 6.07) is 2.85. The van der Waals surface area contributed by atoms with Crippen molar-refractivity contribution in [1.82, 2.24) is 0 Å². The number of primary amides is 1. The zero-order valence-corrected chi connectivity index (χ0v) is 6.57. The number of hydrogen-bond acceptors (Lipinski definition) is 3. The predicted octanol–water partition coefficient (Wildman–Crippen LogP) is 0.0500. The number of phenolic OH excluding ortho intramolecular Hbond substituents is 1. The van der Waals surface area contributed by atoms with Gasteiger partial charge < -0.3 is 15.9 Å². The molecule has 1 aromatic rings. The van der Waals surface area contributed by atoms with Gasteiger partial charge in [0.1, 0.15) is 11.6 Å². The average Bonchev–Trinajstić information content (AvgIpc) is 2.01. The van der Waals surface area contributed by atoms with Gasteiger partial charge in [0, 0.05) is 6.07 Å². The van der Waals surface area contributed by atoms with Crippen LogP contribution >= 0.6 is 0 Å². The second-order valence-corrected chi connectivity index (χ2v) is 2.55. The molecule has 70 valence electrons. The second-order valence-electron chi connectivity index (χ2n) is 2.55. The van der Waals surface area contributed by atoms with E-state index in [1.54, 1.807) is 0 Å². The highest BCUT2D eigenvalue weighted by molar-refractivity contribution is 5.80. The monoisotopic (exact) mass is 185 g/mol. The lowest BCUT2D eigenvalue weighted by atomic mass is 10.1. The number of carbonyl (C=O) groups excluding carboxylic acids is 1. The Labute approximate surface area is 73.4 Å². The summed E-state index contributed by atoms with van der Waals surface area (Å²) in [7, 11) is 0. The molecule has 0 saturated carbocycles. The Balaban J connectivity index is 3.07. The van der Waals surface area contributed by atoms with Crippen molar-refractivity contribution in [3.8, 4) is 5.75 Å². The van der Waals surface area contributed by atoms with Gasteiger partial charge in [0.05, 0.1) is 0 Å². The minimum Gasteiger partial charge on any atom is -0.508 e. The summed E-state index contributed by atoms with van der Waals surface area (Å²) in [5, 5.41) is 18.0. The van der Waals surface area contributed by atoms with Crippen LogP contribution in [0.3, 0.4) is 0 Å². The van der Waals surface area contributed by atoms with Crippen LogP contribution in [0.2, 0.25) is 0 Å². The lowest BCUT2D eigenvalue weighted by Crippen LogP contribution is -2.20. The molecule has 0 aliphatic carbocycles. The van der Waals surface area contributed by atoms with Crippen molar-refractivity contribution >= 4 is 5.91 Å². The van der Waals surface area contributed by atoms with Crippen molar-refractivity contribution in [2.45, 2.75) is 6.10 Å². The molecule has 0 heterocycles. The van der Waals surface area contributed by atoms with Crippen molar-refractivity contribution in [2.75, 3.05) is 0 Å². The Bertz CT molecular complexity index is 320. The van der Waals surface area contributed by atoms with Gasteiger partial charge in [-0.15, -0.1) is 0 Å². The Morgan fingerprint density at radius 2 is 2.08 bits per heavy atom. The Morgan fingerprint density at radius 3 is 2.54 bits per heavy atom. The van der Waals surface area contributed by atoms with Crippen LogP contribution in [0.4, 0.5) is 4.39 Å². The van der Waals surface area contributed by atoms with Crippen LogP contribution in [0.5, 0.6) is 5.75 Å². The first-order valence-electron chi connectivity index (χ1n) is 3.47. The number of amides is 1. The molecule has 0 spiro atoms. The van der Waals surface area contributed by atoms with Crippen LogP contribution < -0.4 is 5.73 Å². The van der Waals surface area contributed by atoms with Gasteiger partial charge in [-0.1, -0.05) is 0 Å². The summed E-state index contributed by atoms with van der Waals surface area (Å²) in [6.45, 7) is 0. The van der Waals surface area contributed by atoms with Gasteiger partial charge in [-0.25, -0.2) is 4.39 Å². The third kappa shape index (κ3) is 2.16. The van der Waals surface area contributed by atoms with E-state index < -0.39 is 17.8 Å². The minimum atomic E-state index is -1.60. The molecular formula is C8H8FNO3. The molecule has 1 rings (SSSR count). The van der Waals surface area contributed by atoms with Crippen LogP contribution in [-0.2, 0) is 4.79 Å². The smallest absolute Gasteiger partial charge is 0.250 e. The third-order valence-electron chi connectivity index (χ3n) is 1.49. The standard InChI is InChI=1S/C8H8FNO3/c9-5-1-4(2-6(11)3-5)7(12)8(10)13/h1-3,7,11-12H,(H2,10,13). The van der Waals surface area contributed by atoms with Gasteiger partial charge in [-0.05, 0) is 17.7 Å². The molecule has 0 radical (unpaired) electrons. The van der Waals surface area contributed by atoms with Crippen LogP contribution in [0.15, 0.2) is 18.2 Å². The number of carbonyl (C=O) groups is 1. The fourth-order valence-electron chi connectivity index (χ4n) is 0.918. The van der Waals surface area contributed by atoms with Crippen LogP contribution in [0.1, 0.15) is 11.7 Å². The van der Waals surface area contributed by atoms with E-state index >= 15 is 0 Å². The summed E-state index contributed by atoms with van der Waals surface area (Å²) in [4.78, 5) is 10.5. The van der Waals surface area contributed by atoms with Crippen LogP contribution in [0.25, 0.3) is 0 Å². The van der Waals surface area contributed by atoms with E-state index in [0.717, 1.165) is 18.2 Å². The van der Waals surface area contributed by atoms with Gasteiger partial charge in [-0.3, -0.25) is 4.79 Å². The van der Waals surface area contributed by atoms with Crippen LogP contribution in [-0.4, -0.2) is 16.1 Å². The number of rotatable bonds is 2. The van der Waals surface area contributed by atoms with Gasteiger partial charge in [0.2, 0.25) is 0 Å². The lowest BCUT2D eigenvalue weighted by molar-refractivity contribution is -0.126. The molecule has 5 heteroatoms. The number of phenols is 1. The molecule has 1 atom stereocenters. The molecule has 4 N–H and O–H groups in total. The molecule has 0 saturated heterocycles. The van der Waals surface area contributed by atoms with Crippen molar-refractivity contribution in [1.29, 1.82) is 0 Å². The lowest BCUT2D eigenvalue weighted by Gasteiger charge is -2.06. The highest BCUT2D eigenvalue weighted by Gasteiger charge is 2.15. The van der Waals surface area contributed by atoms with Gasteiger partial charge in [-0.2, -0.15) is 0 Å². The average molecular weight is 185 g/mol. The maximum absolute atomic E-state index is 12.6. The second kappa shape index (κ2) is 3.40. The molecular weight excluding hydrogens is 177 g/mol. The van der Waals surface area contributed by atoms with Gasteiger partial charge in [0.15, 0.2) is 6.10 Å². The van der Waals surface area contributed by atoms with Crippen molar-refractivity contribution in [2.24, 2.45) is 5.73 Å². The van der Waals surface area contributed by atoms with Crippen molar-refractivity contribution in [3.05, 3.63) is 29.6 Å². The number of aliphatic hydroxyl groups is 1. The van der Waals surface area contributed by atoms with E-state index in [9.17, 15) is 9.18 Å². The zero-order valence-electron chi connectivity index (χ0n) is 6.57. The van der Waals surface area contributed by atoms with E-state index in [2.05, 4.69) is 0 Å². The molecule has 4 nitrogen and oxygen atoms in total. The van der Waals surface area contributed by atoms with Gasteiger partial charge >= 0.3 is 0 Å². The van der Waals surface area contributed by atoms with E-state index in [-0.39, 0.29) is 11.3 Å². The van der Waals surface area contributed by atoms with E-state index in [1.165, 1.54) is 0 Å². The Morgan fingerprint density at radius 1 is 1.46 bits per heavy atom. The summed E-state index contributed by atoms with van der Waals surface area (Å²) in [6.07, 6.45) is -1.60.